The quantitative estimate of drug-likeness (QED) is 0.428. The molecule has 0 aliphatic rings. The summed E-state index contributed by atoms with van der Waals surface area (Å²) < 4.78 is 10.0. The van der Waals surface area contributed by atoms with E-state index >= 15 is 0 Å². The van der Waals surface area contributed by atoms with Crippen molar-refractivity contribution in [3.05, 3.63) is 33.9 Å². The zero-order valence-corrected chi connectivity index (χ0v) is 8.67. The summed E-state index contributed by atoms with van der Waals surface area (Å²) in [5.74, 6) is 0.324. The van der Waals surface area contributed by atoms with E-state index in [1.165, 1.54) is 25.3 Å². The van der Waals surface area contributed by atoms with Gasteiger partial charge in [-0.1, -0.05) is 0 Å². The van der Waals surface area contributed by atoms with Crippen LogP contribution >= 0.6 is 0 Å². The van der Waals surface area contributed by atoms with Crippen LogP contribution in [0, 0.1) is 21.4 Å². The Hall–Kier alpha value is -2.13. The number of nitriles is 1. The summed E-state index contributed by atoms with van der Waals surface area (Å²) in [6.45, 7) is 0.685. The Labute approximate surface area is 92.2 Å². The fraction of sp³-hybridized carbons (Fsp3) is 0.300. The van der Waals surface area contributed by atoms with E-state index < -0.39 is 4.92 Å². The summed E-state index contributed by atoms with van der Waals surface area (Å²) in [6.07, 6.45) is 0. The molecule has 1 aromatic carbocycles. The van der Waals surface area contributed by atoms with Crippen LogP contribution in [0.1, 0.15) is 5.56 Å². The lowest BCUT2D eigenvalue weighted by atomic mass is 10.2. The molecule has 6 heteroatoms. The number of nitrogens with zero attached hydrogens (tertiary/aromatic N) is 2. The van der Waals surface area contributed by atoms with Crippen molar-refractivity contribution in [2.75, 3.05) is 20.3 Å². The summed E-state index contributed by atoms with van der Waals surface area (Å²) in [6, 6.07) is 5.73. The van der Waals surface area contributed by atoms with E-state index in [4.69, 9.17) is 14.7 Å². The molecule has 0 bridgehead atoms. The zero-order valence-electron chi connectivity index (χ0n) is 8.67. The number of methoxy groups -OCH3 is 1. The van der Waals surface area contributed by atoms with Crippen LogP contribution in [0.15, 0.2) is 18.2 Å². The summed E-state index contributed by atoms with van der Waals surface area (Å²) >= 11 is 0. The van der Waals surface area contributed by atoms with Crippen LogP contribution in [-0.4, -0.2) is 25.2 Å². The van der Waals surface area contributed by atoms with E-state index in [9.17, 15) is 10.1 Å². The SMILES string of the molecule is COCCOc1ccc([N+](=O)[O-])cc1C#N. The van der Waals surface area contributed by atoms with E-state index in [1.54, 1.807) is 0 Å². The van der Waals surface area contributed by atoms with Crippen LogP contribution in [0.25, 0.3) is 0 Å². The van der Waals surface area contributed by atoms with Gasteiger partial charge in [-0.15, -0.1) is 0 Å². The minimum absolute atomic E-state index is 0.129. The second-order valence-corrected chi connectivity index (χ2v) is 2.89. The number of hydrogen-bond acceptors (Lipinski definition) is 5. The molecule has 0 saturated carbocycles. The third-order valence-electron chi connectivity index (χ3n) is 1.84. The van der Waals surface area contributed by atoms with Crippen LogP contribution in [0.5, 0.6) is 5.75 Å². The van der Waals surface area contributed by atoms with Crippen LogP contribution in [0.2, 0.25) is 0 Å². The van der Waals surface area contributed by atoms with E-state index in [2.05, 4.69) is 0 Å². The van der Waals surface area contributed by atoms with Gasteiger partial charge in [0.15, 0.2) is 0 Å². The monoisotopic (exact) mass is 222 g/mol. The van der Waals surface area contributed by atoms with Crippen molar-refractivity contribution in [3.63, 3.8) is 0 Å². The third-order valence-corrected chi connectivity index (χ3v) is 1.84. The molecule has 0 N–H and O–H groups in total. The number of ether oxygens (including phenoxy) is 2. The van der Waals surface area contributed by atoms with Gasteiger partial charge in [0.05, 0.1) is 11.5 Å². The number of nitro benzene ring substituents is 1. The van der Waals surface area contributed by atoms with Crippen molar-refractivity contribution < 1.29 is 14.4 Å². The minimum Gasteiger partial charge on any atom is -0.490 e. The highest BCUT2D eigenvalue weighted by Gasteiger charge is 2.11. The van der Waals surface area contributed by atoms with Gasteiger partial charge in [-0.05, 0) is 6.07 Å². The lowest BCUT2D eigenvalue weighted by molar-refractivity contribution is -0.384. The number of rotatable bonds is 5. The Bertz CT molecular complexity index is 425. The van der Waals surface area contributed by atoms with Gasteiger partial charge in [0.2, 0.25) is 0 Å². The van der Waals surface area contributed by atoms with E-state index in [-0.39, 0.29) is 11.3 Å². The topological polar surface area (TPSA) is 85.4 Å². The van der Waals surface area contributed by atoms with Gasteiger partial charge in [-0.3, -0.25) is 10.1 Å². The second-order valence-electron chi connectivity index (χ2n) is 2.89. The molecule has 1 aromatic rings. The van der Waals surface area contributed by atoms with Gasteiger partial charge in [0, 0.05) is 19.2 Å². The maximum Gasteiger partial charge on any atom is 0.271 e. The van der Waals surface area contributed by atoms with Gasteiger partial charge in [-0.2, -0.15) is 5.26 Å². The largest absolute Gasteiger partial charge is 0.490 e. The first-order valence-electron chi connectivity index (χ1n) is 4.49. The summed E-state index contributed by atoms with van der Waals surface area (Å²) in [5, 5.41) is 19.3. The highest BCUT2D eigenvalue weighted by atomic mass is 16.6. The van der Waals surface area contributed by atoms with Crippen LogP contribution < -0.4 is 4.74 Å². The molecule has 0 aliphatic carbocycles. The molecule has 0 unspecified atom stereocenters. The summed E-state index contributed by atoms with van der Waals surface area (Å²) in [5.41, 5.74) is 0.0148. The Morgan fingerprint density at radius 2 is 2.25 bits per heavy atom. The molecule has 0 saturated heterocycles. The summed E-state index contributed by atoms with van der Waals surface area (Å²) in [7, 11) is 1.53. The number of non-ortho nitro benzene ring substituents is 1. The molecule has 0 aliphatic heterocycles. The van der Waals surface area contributed by atoms with Crippen molar-refractivity contribution in [1.82, 2.24) is 0 Å². The van der Waals surface area contributed by atoms with Crippen molar-refractivity contribution >= 4 is 5.69 Å². The fourth-order valence-electron chi connectivity index (χ4n) is 1.08. The van der Waals surface area contributed by atoms with Crippen LogP contribution in [0.4, 0.5) is 5.69 Å². The molecule has 1 rings (SSSR count). The average Bonchev–Trinajstić information content (AvgIpc) is 2.29. The lowest BCUT2D eigenvalue weighted by Crippen LogP contribution is -2.05. The van der Waals surface area contributed by atoms with Crippen molar-refractivity contribution in [2.24, 2.45) is 0 Å². The molecular formula is C10H10N2O4. The summed E-state index contributed by atoms with van der Waals surface area (Å²) in [4.78, 5) is 9.92. The highest BCUT2D eigenvalue weighted by Crippen LogP contribution is 2.23. The van der Waals surface area contributed by atoms with E-state index in [0.29, 0.717) is 19.0 Å². The average molecular weight is 222 g/mol. The molecule has 0 spiro atoms. The molecule has 6 nitrogen and oxygen atoms in total. The molecule has 0 atom stereocenters. The second kappa shape index (κ2) is 5.68. The predicted molar refractivity (Wildman–Crippen MR) is 55.2 cm³/mol. The standard InChI is InChI=1S/C10H10N2O4/c1-15-4-5-16-10-3-2-9(12(13)14)6-8(10)7-11/h2-3,6H,4-5H2,1H3. The van der Waals surface area contributed by atoms with Gasteiger partial charge >= 0.3 is 0 Å². The van der Waals surface area contributed by atoms with E-state index in [0.717, 1.165) is 0 Å². The van der Waals surface area contributed by atoms with Crippen molar-refractivity contribution in [3.8, 4) is 11.8 Å². The minimum atomic E-state index is -0.556. The number of nitro groups is 1. The highest BCUT2D eigenvalue weighted by molar-refractivity contribution is 5.50. The van der Waals surface area contributed by atoms with Crippen LogP contribution in [-0.2, 0) is 4.74 Å². The predicted octanol–water partition coefficient (Wildman–Crippen LogP) is 1.49. The zero-order chi connectivity index (χ0) is 12.0. The first-order valence-corrected chi connectivity index (χ1v) is 4.49. The molecule has 0 amide bonds. The van der Waals surface area contributed by atoms with Crippen LogP contribution in [0.3, 0.4) is 0 Å². The Morgan fingerprint density at radius 1 is 1.50 bits per heavy atom. The lowest BCUT2D eigenvalue weighted by Gasteiger charge is -2.06. The molecule has 0 radical (unpaired) electrons. The normalized spacial score (nSPS) is 9.50. The molecular weight excluding hydrogens is 212 g/mol. The van der Waals surface area contributed by atoms with E-state index in [1.807, 2.05) is 6.07 Å². The van der Waals surface area contributed by atoms with Gasteiger partial charge in [0.25, 0.3) is 5.69 Å². The molecule has 0 aromatic heterocycles. The first-order chi connectivity index (χ1) is 7.69. The maximum absolute atomic E-state index is 10.5. The van der Waals surface area contributed by atoms with Gasteiger partial charge in [0.1, 0.15) is 24.0 Å². The number of benzene rings is 1. The van der Waals surface area contributed by atoms with Gasteiger partial charge < -0.3 is 9.47 Å². The Morgan fingerprint density at radius 3 is 2.81 bits per heavy atom. The fourth-order valence-corrected chi connectivity index (χ4v) is 1.08. The van der Waals surface area contributed by atoms with Gasteiger partial charge in [-0.25, -0.2) is 0 Å². The van der Waals surface area contributed by atoms with Crippen molar-refractivity contribution in [2.45, 2.75) is 0 Å². The molecule has 16 heavy (non-hydrogen) atoms. The van der Waals surface area contributed by atoms with Crippen molar-refractivity contribution in [1.29, 1.82) is 5.26 Å². The third kappa shape index (κ3) is 2.93. The smallest absolute Gasteiger partial charge is 0.271 e. The molecule has 0 heterocycles. The molecule has 0 fully saturated rings. The Balaban J connectivity index is 2.86. The maximum atomic E-state index is 10.5. The molecule has 84 valence electrons. The first kappa shape index (κ1) is 11.9. The number of hydrogen-bond donors (Lipinski definition) is 0. The Kier molecular flexibility index (Phi) is 4.24.